The van der Waals surface area contributed by atoms with Crippen molar-refractivity contribution in [3.8, 4) is 5.75 Å². The Hall–Kier alpha value is -0.950. The fourth-order valence-corrected chi connectivity index (χ4v) is 1.40. The van der Waals surface area contributed by atoms with Crippen molar-refractivity contribution in [1.82, 2.24) is 0 Å². The Bertz CT molecular complexity index is 368. The summed E-state index contributed by atoms with van der Waals surface area (Å²) in [6, 6.07) is 2.73. The van der Waals surface area contributed by atoms with Gasteiger partial charge in [0, 0.05) is 5.56 Å². The van der Waals surface area contributed by atoms with Crippen LogP contribution in [0.3, 0.4) is 0 Å². The first-order chi connectivity index (χ1) is 6.85. The van der Waals surface area contributed by atoms with E-state index < -0.39 is 18.7 Å². The number of nitrogens with two attached hydrogens (primary N) is 1. The van der Waals surface area contributed by atoms with Crippen LogP contribution in [0.4, 0.5) is 18.9 Å². The highest BCUT2D eigenvalue weighted by molar-refractivity contribution is 9.10. The van der Waals surface area contributed by atoms with Crippen molar-refractivity contribution in [2.75, 3.05) is 5.73 Å². The van der Waals surface area contributed by atoms with Gasteiger partial charge in [0.05, 0.1) is 16.8 Å². The van der Waals surface area contributed by atoms with Crippen LogP contribution in [0.2, 0.25) is 0 Å². The van der Waals surface area contributed by atoms with Crippen molar-refractivity contribution in [3.63, 3.8) is 0 Å². The van der Waals surface area contributed by atoms with E-state index in [1.165, 1.54) is 12.1 Å². The molecule has 0 unspecified atom stereocenters. The lowest BCUT2D eigenvalue weighted by atomic mass is 10.2. The van der Waals surface area contributed by atoms with Crippen LogP contribution in [0, 0.1) is 0 Å². The number of ether oxygens (including phenoxy) is 1. The van der Waals surface area contributed by atoms with Gasteiger partial charge in [0.1, 0.15) is 0 Å². The maximum absolute atomic E-state index is 12.0. The molecule has 0 amide bonds. The molecule has 0 aromatic heterocycles. The van der Waals surface area contributed by atoms with Crippen LogP contribution in [-0.4, -0.2) is 11.5 Å². The monoisotopic (exact) mass is 285 g/mol. The van der Waals surface area contributed by atoms with E-state index in [-0.39, 0.29) is 15.7 Å². The summed E-state index contributed by atoms with van der Waals surface area (Å²) in [5, 5.41) is 8.80. The summed E-state index contributed by atoms with van der Waals surface area (Å²) >= 11 is 2.88. The zero-order chi connectivity index (χ0) is 11.6. The van der Waals surface area contributed by atoms with Crippen molar-refractivity contribution < 1.29 is 23.0 Å². The minimum Gasteiger partial charge on any atom is -0.402 e. The molecule has 84 valence electrons. The van der Waals surface area contributed by atoms with Gasteiger partial charge in [-0.15, -0.1) is 13.2 Å². The number of aliphatic hydroxyl groups is 1. The molecule has 0 heterocycles. The Morgan fingerprint density at radius 1 is 1.40 bits per heavy atom. The standard InChI is InChI=1S/C8H7BrF3NO2/c9-5-2-1-4(3-14)6(13)7(5)15-8(10,11)12/h1-2,14H,3,13H2. The molecule has 0 saturated carbocycles. The lowest BCUT2D eigenvalue weighted by molar-refractivity contribution is -0.274. The molecule has 0 bridgehead atoms. The van der Waals surface area contributed by atoms with E-state index in [1.54, 1.807) is 0 Å². The van der Waals surface area contributed by atoms with Gasteiger partial charge in [-0.2, -0.15) is 0 Å². The van der Waals surface area contributed by atoms with E-state index in [0.29, 0.717) is 0 Å². The number of anilines is 1. The second kappa shape index (κ2) is 4.28. The quantitative estimate of drug-likeness (QED) is 0.821. The average Bonchev–Trinajstić information content (AvgIpc) is 2.11. The summed E-state index contributed by atoms with van der Waals surface area (Å²) in [6.07, 6.45) is -4.81. The smallest absolute Gasteiger partial charge is 0.402 e. The zero-order valence-corrected chi connectivity index (χ0v) is 8.89. The minimum atomic E-state index is -4.81. The molecule has 0 fully saturated rings. The van der Waals surface area contributed by atoms with Gasteiger partial charge in [-0.3, -0.25) is 0 Å². The lowest BCUT2D eigenvalue weighted by Crippen LogP contribution is -2.18. The lowest BCUT2D eigenvalue weighted by Gasteiger charge is -2.14. The van der Waals surface area contributed by atoms with Crippen molar-refractivity contribution in [2.24, 2.45) is 0 Å². The van der Waals surface area contributed by atoms with Gasteiger partial charge in [0.2, 0.25) is 0 Å². The first-order valence-electron chi connectivity index (χ1n) is 3.78. The molecule has 0 atom stereocenters. The zero-order valence-electron chi connectivity index (χ0n) is 7.31. The summed E-state index contributed by atoms with van der Waals surface area (Å²) in [5.74, 6) is -0.533. The third kappa shape index (κ3) is 3.00. The van der Waals surface area contributed by atoms with Crippen molar-refractivity contribution in [2.45, 2.75) is 13.0 Å². The van der Waals surface area contributed by atoms with Gasteiger partial charge in [0.15, 0.2) is 5.75 Å². The molecule has 1 rings (SSSR count). The summed E-state index contributed by atoms with van der Waals surface area (Å²) in [4.78, 5) is 0. The second-order valence-electron chi connectivity index (χ2n) is 2.66. The predicted molar refractivity (Wildman–Crippen MR) is 51.2 cm³/mol. The van der Waals surface area contributed by atoms with E-state index >= 15 is 0 Å². The number of halogens is 4. The van der Waals surface area contributed by atoms with Crippen LogP contribution in [0.15, 0.2) is 16.6 Å². The van der Waals surface area contributed by atoms with E-state index in [9.17, 15) is 13.2 Å². The summed E-state index contributed by atoms with van der Waals surface area (Å²) in [5.41, 5.74) is 5.33. The van der Waals surface area contributed by atoms with E-state index in [2.05, 4.69) is 20.7 Å². The highest BCUT2D eigenvalue weighted by atomic mass is 79.9. The number of nitrogen functional groups attached to an aromatic ring is 1. The SMILES string of the molecule is Nc1c(CO)ccc(Br)c1OC(F)(F)F. The molecule has 3 N–H and O–H groups in total. The van der Waals surface area contributed by atoms with Crippen LogP contribution >= 0.6 is 15.9 Å². The van der Waals surface area contributed by atoms with Gasteiger partial charge < -0.3 is 15.6 Å². The fourth-order valence-electron chi connectivity index (χ4n) is 0.971. The van der Waals surface area contributed by atoms with Gasteiger partial charge in [-0.1, -0.05) is 6.07 Å². The van der Waals surface area contributed by atoms with Crippen LogP contribution in [-0.2, 0) is 6.61 Å². The predicted octanol–water partition coefficient (Wildman–Crippen LogP) is 2.42. The summed E-state index contributed by atoms with van der Waals surface area (Å²) in [7, 11) is 0. The number of alkyl halides is 3. The molecule has 0 radical (unpaired) electrons. The first-order valence-corrected chi connectivity index (χ1v) is 4.58. The van der Waals surface area contributed by atoms with Gasteiger partial charge in [-0.05, 0) is 22.0 Å². The number of rotatable bonds is 2. The van der Waals surface area contributed by atoms with Crippen LogP contribution in [0.1, 0.15) is 5.56 Å². The maximum Gasteiger partial charge on any atom is 0.573 e. The Morgan fingerprint density at radius 2 is 2.00 bits per heavy atom. The maximum atomic E-state index is 12.0. The van der Waals surface area contributed by atoms with Gasteiger partial charge in [-0.25, -0.2) is 0 Å². The Balaban J connectivity index is 3.15. The van der Waals surface area contributed by atoms with Gasteiger partial charge in [0.25, 0.3) is 0 Å². The fraction of sp³-hybridized carbons (Fsp3) is 0.250. The molecule has 1 aromatic rings. The topological polar surface area (TPSA) is 55.5 Å². The molecule has 1 aromatic carbocycles. The second-order valence-corrected chi connectivity index (χ2v) is 3.51. The number of benzene rings is 1. The summed E-state index contributed by atoms with van der Waals surface area (Å²) in [6.45, 7) is -0.451. The normalized spacial score (nSPS) is 11.5. The number of aliphatic hydroxyl groups excluding tert-OH is 1. The number of hydrogen-bond donors (Lipinski definition) is 2. The molecule has 0 aliphatic heterocycles. The molecule has 3 nitrogen and oxygen atoms in total. The average molecular weight is 286 g/mol. The highest BCUT2D eigenvalue weighted by Crippen LogP contribution is 2.37. The largest absolute Gasteiger partial charge is 0.573 e. The minimum absolute atomic E-state index is 0.0783. The first kappa shape index (κ1) is 12.1. The Labute approximate surface area is 91.8 Å². The van der Waals surface area contributed by atoms with Gasteiger partial charge >= 0.3 is 6.36 Å². The third-order valence-corrected chi connectivity index (χ3v) is 2.25. The molecule has 15 heavy (non-hydrogen) atoms. The van der Waals surface area contributed by atoms with E-state index in [1.807, 2.05) is 0 Å². The van der Waals surface area contributed by atoms with E-state index in [4.69, 9.17) is 10.8 Å². The van der Waals surface area contributed by atoms with Crippen LogP contribution < -0.4 is 10.5 Å². The number of hydrogen-bond acceptors (Lipinski definition) is 3. The van der Waals surface area contributed by atoms with E-state index in [0.717, 1.165) is 0 Å². The molecular weight excluding hydrogens is 279 g/mol. The Morgan fingerprint density at radius 3 is 2.47 bits per heavy atom. The molecule has 7 heteroatoms. The molecule has 0 spiro atoms. The molecule has 0 saturated heterocycles. The van der Waals surface area contributed by atoms with Crippen molar-refractivity contribution in [3.05, 3.63) is 22.2 Å². The van der Waals surface area contributed by atoms with Crippen molar-refractivity contribution in [1.29, 1.82) is 0 Å². The Kier molecular flexibility index (Phi) is 3.46. The van der Waals surface area contributed by atoms with Crippen molar-refractivity contribution >= 4 is 21.6 Å². The molecule has 0 aliphatic rings. The third-order valence-electron chi connectivity index (χ3n) is 1.63. The highest BCUT2D eigenvalue weighted by Gasteiger charge is 2.33. The van der Waals surface area contributed by atoms with Crippen LogP contribution in [0.5, 0.6) is 5.75 Å². The van der Waals surface area contributed by atoms with Crippen LogP contribution in [0.25, 0.3) is 0 Å². The molecular formula is C8H7BrF3NO2. The molecule has 0 aliphatic carbocycles. The summed E-state index contributed by atoms with van der Waals surface area (Å²) < 4.78 is 39.7.